The van der Waals surface area contributed by atoms with Crippen LogP contribution in [-0.2, 0) is 14.4 Å². The van der Waals surface area contributed by atoms with Crippen LogP contribution in [0.1, 0.15) is 0 Å². The van der Waals surface area contributed by atoms with E-state index in [0.717, 1.165) is 0 Å². The van der Waals surface area contributed by atoms with Crippen molar-refractivity contribution in [3.05, 3.63) is 12.2 Å². The molecule has 0 radical (unpaired) electrons. The Kier molecular flexibility index (Phi) is 8.92. The maximum absolute atomic E-state index is 9.69. The molecule has 0 rings (SSSR count). The van der Waals surface area contributed by atoms with Gasteiger partial charge in [-0.05, 0) is 0 Å². The maximum atomic E-state index is 9.69. The lowest BCUT2D eigenvalue weighted by Crippen LogP contribution is -2.24. The normalized spacial score (nSPS) is 8.75. The van der Waals surface area contributed by atoms with Crippen molar-refractivity contribution in [2.24, 2.45) is 16.5 Å². The van der Waals surface area contributed by atoms with E-state index in [9.17, 15) is 14.4 Å². The maximum Gasteiger partial charge on any atom is 0.328 e. The number of aliphatic imine (C=N–C) groups is 1. The molecule has 0 aromatic carbocycles. The van der Waals surface area contributed by atoms with E-state index in [0.29, 0.717) is 12.2 Å². The highest BCUT2D eigenvalue weighted by molar-refractivity contribution is 5.89. The first-order valence-electron chi connectivity index (χ1n) is 3.66. The second kappa shape index (κ2) is 8.99. The largest absolute Gasteiger partial charge is 0.480 e. The summed E-state index contributed by atoms with van der Waals surface area (Å²) in [6.45, 7) is -0.359. The second-order valence-electron chi connectivity index (χ2n) is 2.14. The summed E-state index contributed by atoms with van der Waals surface area (Å²) in [5.74, 6) is -3.76. The van der Waals surface area contributed by atoms with E-state index in [1.165, 1.54) is 0 Å². The zero-order chi connectivity index (χ0) is 13.1. The van der Waals surface area contributed by atoms with Crippen molar-refractivity contribution in [1.29, 1.82) is 0 Å². The van der Waals surface area contributed by atoms with Gasteiger partial charge in [-0.2, -0.15) is 0 Å². The van der Waals surface area contributed by atoms with Crippen LogP contribution in [0.15, 0.2) is 17.1 Å². The van der Waals surface area contributed by atoms with E-state index in [2.05, 4.69) is 4.99 Å². The van der Waals surface area contributed by atoms with Crippen LogP contribution in [0.25, 0.3) is 0 Å². The molecule has 0 aromatic rings. The van der Waals surface area contributed by atoms with E-state index < -0.39 is 17.9 Å². The third-order valence-corrected chi connectivity index (χ3v) is 0.765. The first kappa shape index (κ1) is 15.9. The van der Waals surface area contributed by atoms with Crippen molar-refractivity contribution < 1.29 is 29.7 Å². The molecule has 16 heavy (non-hydrogen) atoms. The van der Waals surface area contributed by atoms with Crippen LogP contribution in [0.3, 0.4) is 0 Å². The smallest absolute Gasteiger partial charge is 0.328 e. The number of hydrogen-bond donors (Lipinski definition) is 5. The second-order valence-corrected chi connectivity index (χ2v) is 2.14. The highest BCUT2D eigenvalue weighted by Gasteiger charge is 1.90. The Balaban J connectivity index is 0. The van der Waals surface area contributed by atoms with E-state index in [1.54, 1.807) is 0 Å². The number of guanidine groups is 1. The van der Waals surface area contributed by atoms with Gasteiger partial charge in [-0.25, -0.2) is 14.6 Å². The number of carboxylic acids is 3. The first-order chi connectivity index (χ1) is 7.25. The summed E-state index contributed by atoms with van der Waals surface area (Å²) in [4.78, 5) is 32.0. The number of rotatable bonds is 4. The Bertz CT molecular complexity index is 302. The van der Waals surface area contributed by atoms with Crippen LogP contribution in [0.4, 0.5) is 0 Å². The third-order valence-electron chi connectivity index (χ3n) is 0.765. The molecule has 9 nitrogen and oxygen atoms in total. The van der Waals surface area contributed by atoms with Crippen LogP contribution in [0, 0.1) is 0 Å². The predicted octanol–water partition coefficient (Wildman–Crippen LogP) is -1.94. The molecule has 0 fully saturated rings. The summed E-state index contributed by atoms with van der Waals surface area (Å²) >= 11 is 0. The Labute approximate surface area is 89.7 Å². The average Bonchev–Trinajstić information content (AvgIpc) is 2.12. The lowest BCUT2D eigenvalue weighted by atomic mass is 10.5. The van der Waals surface area contributed by atoms with Crippen molar-refractivity contribution >= 4 is 23.9 Å². The summed E-state index contributed by atoms with van der Waals surface area (Å²) in [6.07, 6.45) is 1.12. The van der Waals surface area contributed by atoms with E-state index >= 15 is 0 Å². The average molecular weight is 233 g/mol. The number of carboxylic acid groups (broad SMARTS) is 3. The van der Waals surface area contributed by atoms with Gasteiger partial charge >= 0.3 is 17.9 Å². The van der Waals surface area contributed by atoms with Crippen molar-refractivity contribution in [2.75, 3.05) is 6.54 Å². The fraction of sp³-hybridized carbons (Fsp3) is 0.143. The monoisotopic (exact) mass is 233 g/mol. The van der Waals surface area contributed by atoms with E-state index in [1.807, 2.05) is 0 Å². The van der Waals surface area contributed by atoms with Gasteiger partial charge in [0.05, 0.1) is 0 Å². The standard InChI is InChI=1S/C4H4O4.C3H7N3O2/c5-3(6)1-2-4(7)8;4-3(5)6-1-2(7)8/h1-2H,(H,5,6)(H,7,8);1H2,(H,7,8)(H4,4,5,6)/b2-1+;. The van der Waals surface area contributed by atoms with Gasteiger partial charge < -0.3 is 26.8 Å². The van der Waals surface area contributed by atoms with Gasteiger partial charge in [0.2, 0.25) is 0 Å². The van der Waals surface area contributed by atoms with E-state index in [4.69, 9.17) is 26.8 Å². The Morgan fingerprint density at radius 2 is 1.38 bits per heavy atom. The van der Waals surface area contributed by atoms with Crippen LogP contribution < -0.4 is 11.5 Å². The molecule has 0 aromatic heterocycles. The van der Waals surface area contributed by atoms with Crippen molar-refractivity contribution in [2.45, 2.75) is 0 Å². The van der Waals surface area contributed by atoms with Crippen molar-refractivity contribution in [1.82, 2.24) is 0 Å². The molecular weight excluding hydrogens is 222 g/mol. The fourth-order valence-electron chi connectivity index (χ4n) is 0.301. The molecular formula is C7H11N3O6. The predicted molar refractivity (Wildman–Crippen MR) is 52.7 cm³/mol. The first-order valence-corrected chi connectivity index (χ1v) is 3.66. The molecule has 0 unspecified atom stereocenters. The van der Waals surface area contributed by atoms with E-state index in [-0.39, 0.29) is 12.5 Å². The fourth-order valence-corrected chi connectivity index (χ4v) is 0.301. The van der Waals surface area contributed by atoms with Gasteiger partial charge in [-0.15, -0.1) is 0 Å². The molecule has 0 atom stereocenters. The molecule has 0 heterocycles. The number of hydrogen-bond acceptors (Lipinski definition) is 4. The molecule has 9 heteroatoms. The van der Waals surface area contributed by atoms with Crippen LogP contribution >= 0.6 is 0 Å². The third kappa shape index (κ3) is 22.5. The Morgan fingerprint density at radius 1 is 1.00 bits per heavy atom. The van der Waals surface area contributed by atoms with Gasteiger partial charge in [-0.3, -0.25) is 4.79 Å². The summed E-state index contributed by atoms with van der Waals surface area (Å²) in [6, 6.07) is 0. The molecule has 0 saturated heterocycles. The highest BCUT2D eigenvalue weighted by atomic mass is 16.4. The highest BCUT2D eigenvalue weighted by Crippen LogP contribution is 1.70. The zero-order valence-corrected chi connectivity index (χ0v) is 8.03. The van der Waals surface area contributed by atoms with Gasteiger partial charge in [0.25, 0.3) is 0 Å². The summed E-state index contributed by atoms with van der Waals surface area (Å²) in [5.41, 5.74) is 9.61. The summed E-state index contributed by atoms with van der Waals surface area (Å²) in [7, 11) is 0. The minimum Gasteiger partial charge on any atom is -0.480 e. The van der Waals surface area contributed by atoms with Crippen LogP contribution in [0.2, 0.25) is 0 Å². The Hall–Kier alpha value is -2.58. The molecule has 0 saturated carbocycles. The van der Waals surface area contributed by atoms with Gasteiger partial charge in [0.1, 0.15) is 6.54 Å². The summed E-state index contributed by atoms with van der Waals surface area (Å²) in [5, 5.41) is 23.6. The topological polar surface area (TPSA) is 176 Å². The molecule has 0 aliphatic heterocycles. The molecule has 0 amide bonds. The van der Waals surface area contributed by atoms with Crippen molar-refractivity contribution in [3.63, 3.8) is 0 Å². The molecule has 0 bridgehead atoms. The lowest BCUT2D eigenvalue weighted by Gasteiger charge is -1.85. The SMILES string of the molecule is NC(N)=NCC(=O)O.O=C(O)/C=C/C(=O)O. The molecule has 90 valence electrons. The van der Waals surface area contributed by atoms with Crippen LogP contribution in [-0.4, -0.2) is 45.7 Å². The Morgan fingerprint density at radius 3 is 1.50 bits per heavy atom. The number of nitrogens with two attached hydrogens (primary N) is 2. The quantitative estimate of drug-likeness (QED) is 0.211. The number of aliphatic carboxylic acids is 3. The summed E-state index contributed by atoms with van der Waals surface area (Å²) < 4.78 is 0. The van der Waals surface area contributed by atoms with Gasteiger partial charge in [0, 0.05) is 12.2 Å². The zero-order valence-electron chi connectivity index (χ0n) is 8.03. The minimum atomic E-state index is -1.26. The van der Waals surface area contributed by atoms with Gasteiger partial charge in [0.15, 0.2) is 5.96 Å². The molecule has 0 aliphatic rings. The molecule has 0 spiro atoms. The molecule has 7 N–H and O–H groups in total. The van der Waals surface area contributed by atoms with Crippen molar-refractivity contribution in [3.8, 4) is 0 Å². The molecule has 0 aliphatic carbocycles. The lowest BCUT2D eigenvalue weighted by molar-refractivity contribution is -0.135. The number of nitrogens with zero attached hydrogens (tertiary/aromatic N) is 1. The minimum absolute atomic E-state index is 0.201. The number of carbonyl (C=O) groups is 3. The van der Waals surface area contributed by atoms with Crippen LogP contribution in [0.5, 0.6) is 0 Å². The van der Waals surface area contributed by atoms with Gasteiger partial charge in [-0.1, -0.05) is 0 Å².